The molecule has 20 heavy (non-hydrogen) atoms. The smallest absolute Gasteiger partial charge is 0.160 e. The van der Waals surface area contributed by atoms with E-state index in [2.05, 4.69) is 29.5 Å². The van der Waals surface area contributed by atoms with Crippen LogP contribution in [0.15, 0.2) is 12.3 Å². The third-order valence-electron chi connectivity index (χ3n) is 4.54. The number of fused-ring (bicyclic) bond motifs is 1. The van der Waals surface area contributed by atoms with Crippen LogP contribution >= 0.6 is 11.6 Å². The van der Waals surface area contributed by atoms with Crippen molar-refractivity contribution in [2.45, 2.75) is 57.9 Å². The van der Waals surface area contributed by atoms with E-state index in [0.717, 1.165) is 28.5 Å². The van der Waals surface area contributed by atoms with Crippen molar-refractivity contribution in [3.63, 3.8) is 0 Å². The zero-order valence-corrected chi connectivity index (χ0v) is 13.2. The second-order valence-corrected chi connectivity index (χ2v) is 6.75. The van der Waals surface area contributed by atoms with Crippen LogP contribution in [0.4, 0.5) is 0 Å². The summed E-state index contributed by atoms with van der Waals surface area (Å²) in [5.74, 6) is 1.68. The maximum atomic E-state index is 6.36. The lowest BCUT2D eigenvalue weighted by molar-refractivity contribution is 0.358. The normalized spacial score (nSPS) is 19.6. The maximum absolute atomic E-state index is 6.36. The number of aromatic nitrogens is 3. The zero-order valence-electron chi connectivity index (χ0n) is 12.4. The molecule has 2 unspecified atom stereocenters. The average molecular weight is 292 g/mol. The number of aryl methyl sites for hydroxylation is 1. The molecule has 0 radical (unpaired) electrons. The van der Waals surface area contributed by atoms with Crippen molar-refractivity contribution >= 4 is 22.8 Å². The summed E-state index contributed by atoms with van der Waals surface area (Å²) in [6, 6.07) is 2.53. The van der Waals surface area contributed by atoms with Crippen LogP contribution in [0, 0.1) is 12.8 Å². The molecular formula is C16H22ClN3. The minimum Gasteiger partial charge on any atom is -0.308 e. The Balaban J connectivity index is 2.13. The van der Waals surface area contributed by atoms with Gasteiger partial charge in [-0.25, -0.2) is 9.97 Å². The number of rotatable bonds is 3. The van der Waals surface area contributed by atoms with Crippen LogP contribution in [0.5, 0.6) is 0 Å². The molecular weight excluding hydrogens is 270 g/mol. The molecule has 0 amide bonds. The van der Waals surface area contributed by atoms with E-state index in [1.165, 1.54) is 25.7 Å². The Kier molecular flexibility index (Phi) is 3.72. The number of imidazole rings is 1. The van der Waals surface area contributed by atoms with Gasteiger partial charge < -0.3 is 4.57 Å². The molecule has 1 aliphatic carbocycles. The van der Waals surface area contributed by atoms with Crippen LogP contribution in [-0.2, 0) is 0 Å². The largest absolute Gasteiger partial charge is 0.308 e. The molecule has 0 aliphatic heterocycles. The number of hydrogen-bond donors (Lipinski definition) is 0. The fourth-order valence-electron chi connectivity index (χ4n) is 3.43. The molecule has 4 heteroatoms. The number of nitrogens with zero attached hydrogens (tertiary/aromatic N) is 3. The van der Waals surface area contributed by atoms with Gasteiger partial charge in [-0.15, -0.1) is 11.6 Å². The van der Waals surface area contributed by atoms with E-state index in [1.54, 1.807) is 0 Å². The van der Waals surface area contributed by atoms with Gasteiger partial charge in [0, 0.05) is 12.2 Å². The van der Waals surface area contributed by atoms with Gasteiger partial charge in [0.25, 0.3) is 0 Å². The highest BCUT2D eigenvalue weighted by Gasteiger charge is 2.27. The molecule has 108 valence electrons. The third-order valence-corrected chi connectivity index (χ3v) is 4.73. The minimum absolute atomic E-state index is 0.0895. The standard InChI is InChI=1S/C16H22ClN3/c1-10-8-14-16(18-9-10)20(15(19-14)11(2)17)12(3)13-6-4-5-7-13/h8-9,11-13H,4-7H2,1-3H3. The Morgan fingerprint density at radius 1 is 1.30 bits per heavy atom. The number of alkyl halides is 1. The summed E-state index contributed by atoms with van der Waals surface area (Å²) >= 11 is 6.36. The molecule has 1 saturated carbocycles. The van der Waals surface area contributed by atoms with E-state index in [-0.39, 0.29) is 5.38 Å². The van der Waals surface area contributed by atoms with Crippen molar-refractivity contribution in [2.24, 2.45) is 5.92 Å². The molecule has 1 aliphatic rings. The molecule has 2 atom stereocenters. The van der Waals surface area contributed by atoms with Gasteiger partial charge >= 0.3 is 0 Å². The number of halogens is 1. The summed E-state index contributed by atoms with van der Waals surface area (Å²) in [4.78, 5) is 9.35. The van der Waals surface area contributed by atoms with Crippen molar-refractivity contribution in [1.29, 1.82) is 0 Å². The molecule has 2 aromatic rings. The molecule has 0 aromatic carbocycles. The van der Waals surface area contributed by atoms with Gasteiger partial charge in [0.2, 0.25) is 0 Å². The van der Waals surface area contributed by atoms with Crippen LogP contribution < -0.4 is 0 Å². The van der Waals surface area contributed by atoms with Gasteiger partial charge in [0.15, 0.2) is 5.65 Å². The number of pyridine rings is 1. The van der Waals surface area contributed by atoms with Gasteiger partial charge in [-0.3, -0.25) is 0 Å². The molecule has 0 N–H and O–H groups in total. The van der Waals surface area contributed by atoms with E-state index in [1.807, 2.05) is 13.1 Å². The quantitative estimate of drug-likeness (QED) is 0.761. The van der Waals surface area contributed by atoms with E-state index in [9.17, 15) is 0 Å². The summed E-state index contributed by atoms with van der Waals surface area (Å²) in [7, 11) is 0. The predicted octanol–water partition coefficient (Wildman–Crippen LogP) is 4.79. The van der Waals surface area contributed by atoms with Gasteiger partial charge in [-0.05, 0) is 51.2 Å². The summed E-state index contributed by atoms with van der Waals surface area (Å²) in [6.45, 7) is 6.34. The Hall–Kier alpha value is -1.09. The lowest BCUT2D eigenvalue weighted by Crippen LogP contribution is -2.17. The van der Waals surface area contributed by atoms with Gasteiger partial charge in [-0.1, -0.05) is 12.8 Å². The highest BCUT2D eigenvalue weighted by atomic mass is 35.5. The fourth-order valence-corrected chi connectivity index (χ4v) is 3.59. The van der Waals surface area contributed by atoms with Gasteiger partial charge in [-0.2, -0.15) is 0 Å². The molecule has 3 nitrogen and oxygen atoms in total. The average Bonchev–Trinajstić information content (AvgIpc) is 3.04. The Morgan fingerprint density at radius 3 is 2.65 bits per heavy atom. The fraction of sp³-hybridized carbons (Fsp3) is 0.625. The van der Waals surface area contributed by atoms with E-state index in [4.69, 9.17) is 16.6 Å². The van der Waals surface area contributed by atoms with Crippen molar-refractivity contribution in [1.82, 2.24) is 14.5 Å². The first-order valence-corrected chi connectivity index (χ1v) is 8.00. The first-order chi connectivity index (χ1) is 9.58. The second-order valence-electron chi connectivity index (χ2n) is 6.10. The molecule has 1 fully saturated rings. The molecule has 0 bridgehead atoms. The van der Waals surface area contributed by atoms with Gasteiger partial charge in [0.1, 0.15) is 11.3 Å². The van der Waals surface area contributed by atoms with Crippen molar-refractivity contribution in [3.05, 3.63) is 23.7 Å². The summed E-state index contributed by atoms with van der Waals surface area (Å²) in [6.07, 6.45) is 7.23. The van der Waals surface area contributed by atoms with E-state index in [0.29, 0.717) is 6.04 Å². The first-order valence-electron chi connectivity index (χ1n) is 7.56. The molecule has 2 heterocycles. The Bertz CT molecular complexity index is 611. The molecule has 0 saturated heterocycles. The Morgan fingerprint density at radius 2 is 2.00 bits per heavy atom. The molecule has 2 aromatic heterocycles. The zero-order chi connectivity index (χ0) is 14.3. The van der Waals surface area contributed by atoms with Gasteiger partial charge in [0.05, 0.1) is 5.38 Å². The van der Waals surface area contributed by atoms with Crippen LogP contribution in [0.25, 0.3) is 11.2 Å². The lowest BCUT2D eigenvalue weighted by atomic mass is 9.99. The molecule has 3 rings (SSSR count). The second kappa shape index (κ2) is 5.36. The lowest BCUT2D eigenvalue weighted by Gasteiger charge is -2.23. The van der Waals surface area contributed by atoms with Crippen LogP contribution in [0.3, 0.4) is 0 Å². The highest BCUT2D eigenvalue weighted by molar-refractivity contribution is 6.20. The van der Waals surface area contributed by atoms with Crippen LogP contribution in [0.1, 0.15) is 62.3 Å². The molecule has 0 spiro atoms. The van der Waals surface area contributed by atoms with Crippen LogP contribution in [-0.4, -0.2) is 14.5 Å². The summed E-state index contributed by atoms with van der Waals surface area (Å²) < 4.78 is 2.28. The third kappa shape index (κ3) is 2.32. The SMILES string of the molecule is Cc1cnc2c(c1)nc(C(C)Cl)n2C(C)C1CCCC1. The van der Waals surface area contributed by atoms with E-state index >= 15 is 0 Å². The topological polar surface area (TPSA) is 30.7 Å². The Labute approximate surface area is 125 Å². The summed E-state index contributed by atoms with van der Waals surface area (Å²) in [5.41, 5.74) is 3.10. The van der Waals surface area contributed by atoms with Crippen molar-refractivity contribution in [3.8, 4) is 0 Å². The highest BCUT2D eigenvalue weighted by Crippen LogP contribution is 2.37. The monoisotopic (exact) mass is 291 g/mol. The van der Waals surface area contributed by atoms with Crippen molar-refractivity contribution in [2.75, 3.05) is 0 Å². The minimum atomic E-state index is -0.0895. The summed E-state index contributed by atoms with van der Waals surface area (Å²) in [5, 5.41) is -0.0895. The van der Waals surface area contributed by atoms with Crippen molar-refractivity contribution < 1.29 is 0 Å². The number of hydrogen-bond acceptors (Lipinski definition) is 2. The maximum Gasteiger partial charge on any atom is 0.160 e. The van der Waals surface area contributed by atoms with E-state index < -0.39 is 0 Å². The first kappa shape index (κ1) is 13.9. The predicted molar refractivity (Wildman–Crippen MR) is 83.2 cm³/mol. The van der Waals surface area contributed by atoms with Crippen LogP contribution in [0.2, 0.25) is 0 Å².